The highest BCUT2D eigenvalue weighted by Gasteiger charge is 2.15. The van der Waals surface area contributed by atoms with Crippen LogP contribution in [0.2, 0.25) is 0 Å². The normalized spacial score (nSPS) is 15.7. The molecule has 0 heterocycles. The third-order valence-electron chi connectivity index (χ3n) is 3.22. The van der Waals surface area contributed by atoms with Crippen LogP contribution in [0.5, 0.6) is 0 Å². The maximum atomic E-state index is 13.6. The van der Waals surface area contributed by atoms with Gasteiger partial charge in [-0.25, -0.2) is 4.39 Å². The minimum atomic E-state index is -0.490. The Morgan fingerprint density at radius 3 is 2.84 bits per heavy atom. The van der Waals surface area contributed by atoms with E-state index in [0.717, 1.165) is 11.0 Å². The van der Waals surface area contributed by atoms with Crippen molar-refractivity contribution >= 4 is 33.6 Å². The summed E-state index contributed by atoms with van der Waals surface area (Å²) in [6.07, 6.45) is 5.24. The second-order valence-corrected chi connectivity index (χ2v) is 6.98. The minimum absolute atomic E-state index is 0.106. The number of benzene rings is 1. The predicted octanol–water partition coefficient (Wildman–Crippen LogP) is 3.99. The van der Waals surface area contributed by atoms with Crippen LogP contribution in [0, 0.1) is 5.82 Å². The lowest BCUT2D eigenvalue weighted by Crippen LogP contribution is -2.27. The lowest BCUT2D eigenvalue weighted by Gasteiger charge is -2.09. The van der Waals surface area contributed by atoms with Crippen LogP contribution in [0.1, 0.15) is 36.0 Å². The van der Waals surface area contributed by atoms with Crippen LogP contribution in [0.15, 0.2) is 22.7 Å². The zero-order valence-electron chi connectivity index (χ0n) is 10.6. The molecule has 1 aliphatic rings. The number of thioether (sulfide) groups is 1. The molecular weight excluding hydrogens is 329 g/mol. The van der Waals surface area contributed by atoms with Crippen molar-refractivity contribution < 1.29 is 9.18 Å². The average Bonchev–Trinajstić information content (AvgIpc) is 2.87. The molecule has 1 amide bonds. The first kappa shape index (κ1) is 14.9. The fraction of sp³-hybridized carbons (Fsp3) is 0.500. The molecule has 0 bridgehead atoms. The molecule has 1 aromatic carbocycles. The van der Waals surface area contributed by atoms with Crippen LogP contribution >= 0.6 is 27.7 Å². The van der Waals surface area contributed by atoms with E-state index in [1.54, 1.807) is 6.07 Å². The van der Waals surface area contributed by atoms with E-state index in [0.29, 0.717) is 11.0 Å². The van der Waals surface area contributed by atoms with Gasteiger partial charge in [0.25, 0.3) is 5.91 Å². The number of carbonyl (C=O) groups is 1. The molecule has 2 nitrogen and oxygen atoms in total. The number of amides is 1. The van der Waals surface area contributed by atoms with E-state index >= 15 is 0 Å². The molecule has 0 aromatic heterocycles. The Bertz CT molecular complexity index is 449. The van der Waals surface area contributed by atoms with Gasteiger partial charge in [-0.1, -0.05) is 28.8 Å². The van der Waals surface area contributed by atoms with Gasteiger partial charge in [0, 0.05) is 22.0 Å². The van der Waals surface area contributed by atoms with Gasteiger partial charge in [-0.05, 0) is 31.0 Å². The summed E-state index contributed by atoms with van der Waals surface area (Å²) in [7, 11) is 0. The van der Waals surface area contributed by atoms with Gasteiger partial charge in [0.2, 0.25) is 0 Å². The van der Waals surface area contributed by atoms with Crippen molar-refractivity contribution in [1.29, 1.82) is 0 Å². The molecule has 1 fully saturated rings. The molecule has 1 aliphatic carbocycles. The van der Waals surface area contributed by atoms with Gasteiger partial charge in [0.05, 0.1) is 5.56 Å². The van der Waals surface area contributed by atoms with Crippen LogP contribution in [-0.2, 0) is 0 Å². The van der Waals surface area contributed by atoms with E-state index in [9.17, 15) is 9.18 Å². The summed E-state index contributed by atoms with van der Waals surface area (Å²) in [5, 5.41) is 3.52. The first-order chi connectivity index (χ1) is 9.16. The summed E-state index contributed by atoms with van der Waals surface area (Å²) in [5.41, 5.74) is 0.106. The van der Waals surface area contributed by atoms with Crippen molar-refractivity contribution in [3.05, 3.63) is 34.1 Å². The second-order valence-electron chi connectivity index (χ2n) is 4.66. The zero-order valence-corrected chi connectivity index (χ0v) is 13.0. The number of hydrogen-bond acceptors (Lipinski definition) is 2. The smallest absolute Gasteiger partial charge is 0.254 e. The summed E-state index contributed by atoms with van der Waals surface area (Å²) >= 11 is 5.08. The highest BCUT2D eigenvalue weighted by Crippen LogP contribution is 2.28. The fourth-order valence-corrected chi connectivity index (χ4v) is 3.77. The Balaban J connectivity index is 1.74. The Labute approximate surface area is 125 Å². The van der Waals surface area contributed by atoms with Gasteiger partial charge < -0.3 is 5.32 Å². The quantitative estimate of drug-likeness (QED) is 0.817. The predicted molar refractivity (Wildman–Crippen MR) is 81.1 cm³/mol. The molecule has 0 radical (unpaired) electrons. The van der Waals surface area contributed by atoms with Crippen molar-refractivity contribution in [2.75, 3.05) is 12.3 Å². The molecule has 0 unspecified atom stereocenters. The maximum Gasteiger partial charge on any atom is 0.254 e. The maximum absolute atomic E-state index is 13.6. The monoisotopic (exact) mass is 345 g/mol. The van der Waals surface area contributed by atoms with Crippen LogP contribution < -0.4 is 5.32 Å². The molecular formula is C14H17BrFNOS. The largest absolute Gasteiger partial charge is 0.351 e. The van der Waals surface area contributed by atoms with Gasteiger partial charge in [0.1, 0.15) is 5.82 Å². The number of carbonyl (C=O) groups excluding carboxylic acids is 1. The third kappa shape index (κ3) is 4.49. The Morgan fingerprint density at radius 2 is 2.16 bits per heavy atom. The average molecular weight is 346 g/mol. The Kier molecular flexibility index (Phi) is 5.70. The summed E-state index contributed by atoms with van der Waals surface area (Å²) in [6, 6.07) is 4.48. The van der Waals surface area contributed by atoms with Crippen LogP contribution in [0.25, 0.3) is 0 Å². The molecule has 0 saturated heterocycles. The summed E-state index contributed by atoms with van der Waals surface area (Å²) < 4.78 is 14.2. The molecule has 1 N–H and O–H groups in total. The SMILES string of the molecule is O=C(NCCSC1CCCC1)c1ccc(Br)cc1F. The van der Waals surface area contributed by atoms with Crippen molar-refractivity contribution in [2.45, 2.75) is 30.9 Å². The van der Waals surface area contributed by atoms with Crippen LogP contribution in [-0.4, -0.2) is 23.5 Å². The minimum Gasteiger partial charge on any atom is -0.351 e. The molecule has 2 rings (SSSR count). The molecule has 1 aromatic rings. The van der Waals surface area contributed by atoms with Crippen molar-refractivity contribution in [3.63, 3.8) is 0 Å². The van der Waals surface area contributed by atoms with Crippen LogP contribution in [0.3, 0.4) is 0 Å². The van der Waals surface area contributed by atoms with Gasteiger partial charge in [-0.2, -0.15) is 11.8 Å². The van der Waals surface area contributed by atoms with Gasteiger partial charge in [0.15, 0.2) is 0 Å². The van der Waals surface area contributed by atoms with Gasteiger partial charge >= 0.3 is 0 Å². The number of rotatable bonds is 5. The molecule has 1 saturated carbocycles. The van der Waals surface area contributed by atoms with E-state index < -0.39 is 5.82 Å². The summed E-state index contributed by atoms with van der Waals surface area (Å²) in [5.74, 6) is 0.0708. The molecule has 0 atom stereocenters. The molecule has 5 heteroatoms. The fourth-order valence-electron chi connectivity index (χ4n) is 2.21. The van der Waals surface area contributed by atoms with Crippen LogP contribution in [0.4, 0.5) is 4.39 Å². The second kappa shape index (κ2) is 7.29. The standard InChI is InChI=1S/C14H17BrFNOS/c15-10-5-6-12(13(16)9-10)14(18)17-7-8-19-11-3-1-2-4-11/h5-6,9,11H,1-4,7-8H2,(H,17,18). The number of hydrogen-bond donors (Lipinski definition) is 1. The highest BCUT2D eigenvalue weighted by molar-refractivity contribution is 9.10. The molecule has 19 heavy (non-hydrogen) atoms. The number of halogens is 2. The van der Waals surface area contributed by atoms with E-state index in [-0.39, 0.29) is 11.5 Å². The van der Waals surface area contributed by atoms with E-state index in [1.165, 1.54) is 37.8 Å². The van der Waals surface area contributed by atoms with Gasteiger partial charge in [-0.3, -0.25) is 4.79 Å². The topological polar surface area (TPSA) is 29.1 Å². The first-order valence-corrected chi connectivity index (χ1v) is 8.36. The summed E-state index contributed by atoms with van der Waals surface area (Å²) in [4.78, 5) is 11.8. The number of nitrogens with one attached hydrogen (secondary N) is 1. The van der Waals surface area contributed by atoms with Gasteiger partial charge in [-0.15, -0.1) is 0 Å². The summed E-state index contributed by atoms with van der Waals surface area (Å²) in [6.45, 7) is 0.593. The van der Waals surface area contributed by atoms with Crippen molar-refractivity contribution in [3.8, 4) is 0 Å². The molecule has 0 aliphatic heterocycles. The Morgan fingerprint density at radius 1 is 1.42 bits per heavy atom. The van der Waals surface area contributed by atoms with Crippen molar-refractivity contribution in [1.82, 2.24) is 5.32 Å². The Hall–Kier alpha value is -0.550. The molecule has 104 valence electrons. The zero-order chi connectivity index (χ0) is 13.7. The molecule has 0 spiro atoms. The van der Waals surface area contributed by atoms with E-state index in [2.05, 4.69) is 21.2 Å². The third-order valence-corrected chi connectivity index (χ3v) is 5.10. The van der Waals surface area contributed by atoms with E-state index in [4.69, 9.17) is 0 Å². The first-order valence-electron chi connectivity index (χ1n) is 6.51. The van der Waals surface area contributed by atoms with Crippen molar-refractivity contribution in [2.24, 2.45) is 0 Å². The van der Waals surface area contributed by atoms with E-state index in [1.807, 2.05) is 11.8 Å². The lowest BCUT2D eigenvalue weighted by molar-refractivity contribution is 0.0952. The lowest BCUT2D eigenvalue weighted by atomic mass is 10.2. The highest BCUT2D eigenvalue weighted by atomic mass is 79.9.